The Balaban J connectivity index is 2.63. The van der Waals surface area contributed by atoms with Crippen LogP contribution in [0.15, 0.2) is 24.3 Å². The Morgan fingerprint density at radius 3 is 1.83 bits per heavy atom. The van der Waals surface area contributed by atoms with Gasteiger partial charge in [-0.2, -0.15) is 9.97 Å². The molecule has 0 amide bonds. The van der Waals surface area contributed by atoms with Crippen LogP contribution in [0.2, 0.25) is 0 Å². The average Bonchev–Trinajstić information content (AvgIpc) is 2.38. The molecule has 2 rings (SSSR count). The molecule has 0 saturated heterocycles. The fraction of sp³-hybridized carbons (Fsp3) is 0.286. The van der Waals surface area contributed by atoms with Crippen LogP contribution in [0.4, 0.5) is 0 Å². The van der Waals surface area contributed by atoms with Gasteiger partial charge in [0, 0.05) is 5.56 Å². The van der Waals surface area contributed by atoms with Crippen LogP contribution in [0.25, 0.3) is 11.4 Å². The smallest absolute Gasteiger partial charge is 0.220 e. The van der Waals surface area contributed by atoms with E-state index in [0.29, 0.717) is 17.6 Å². The zero-order valence-electron chi connectivity index (χ0n) is 11.0. The van der Waals surface area contributed by atoms with Crippen LogP contribution in [0.5, 0.6) is 11.8 Å². The number of methoxy groups -OCH3 is 2. The van der Waals surface area contributed by atoms with Crippen molar-refractivity contribution in [1.29, 1.82) is 0 Å². The van der Waals surface area contributed by atoms with Crippen molar-refractivity contribution in [2.45, 2.75) is 13.8 Å². The van der Waals surface area contributed by atoms with Crippen LogP contribution < -0.4 is 9.47 Å². The zero-order chi connectivity index (χ0) is 13.1. The molecule has 0 aliphatic carbocycles. The van der Waals surface area contributed by atoms with Gasteiger partial charge in [0.25, 0.3) is 0 Å². The van der Waals surface area contributed by atoms with E-state index in [1.165, 1.54) is 0 Å². The lowest BCUT2D eigenvalue weighted by atomic mass is 10.0. The molecule has 0 fully saturated rings. The molecule has 0 spiro atoms. The van der Waals surface area contributed by atoms with Crippen LogP contribution >= 0.6 is 0 Å². The van der Waals surface area contributed by atoms with Gasteiger partial charge < -0.3 is 9.47 Å². The van der Waals surface area contributed by atoms with Gasteiger partial charge in [0.15, 0.2) is 5.82 Å². The molecule has 0 aliphatic rings. The van der Waals surface area contributed by atoms with Crippen LogP contribution in [0, 0.1) is 13.8 Å². The molecule has 4 nitrogen and oxygen atoms in total. The van der Waals surface area contributed by atoms with Crippen molar-refractivity contribution in [3.8, 4) is 23.1 Å². The third-order valence-electron chi connectivity index (χ3n) is 2.80. The Kier molecular flexibility index (Phi) is 3.46. The number of rotatable bonds is 3. The van der Waals surface area contributed by atoms with Crippen molar-refractivity contribution in [1.82, 2.24) is 9.97 Å². The predicted octanol–water partition coefficient (Wildman–Crippen LogP) is 2.78. The summed E-state index contributed by atoms with van der Waals surface area (Å²) in [5.41, 5.74) is 3.28. The maximum atomic E-state index is 5.17. The van der Waals surface area contributed by atoms with E-state index in [1.807, 2.05) is 32.0 Å². The van der Waals surface area contributed by atoms with Crippen LogP contribution in [-0.2, 0) is 0 Å². The topological polar surface area (TPSA) is 44.2 Å². The molecule has 1 aromatic carbocycles. The highest BCUT2D eigenvalue weighted by Gasteiger charge is 2.11. The highest BCUT2D eigenvalue weighted by atomic mass is 16.5. The molecule has 0 bridgehead atoms. The maximum Gasteiger partial charge on any atom is 0.220 e. The van der Waals surface area contributed by atoms with Crippen LogP contribution in [0.3, 0.4) is 0 Å². The summed E-state index contributed by atoms with van der Waals surface area (Å²) in [6, 6.07) is 7.76. The number of aryl methyl sites for hydroxylation is 2. The van der Waals surface area contributed by atoms with Crippen molar-refractivity contribution < 1.29 is 9.47 Å². The van der Waals surface area contributed by atoms with Gasteiger partial charge in [-0.3, -0.25) is 0 Å². The molecule has 0 atom stereocenters. The highest BCUT2D eigenvalue weighted by Crippen LogP contribution is 2.27. The van der Waals surface area contributed by atoms with Gasteiger partial charge in [0.1, 0.15) is 0 Å². The third-order valence-corrected chi connectivity index (χ3v) is 2.80. The quantitative estimate of drug-likeness (QED) is 0.832. The van der Waals surface area contributed by atoms with E-state index in [4.69, 9.17) is 9.47 Å². The van der Waals surface area contributed by atoms with Crippen molar-refractivity contribution in [3.05, 3.63) is 35.4 Å². The van der Waals surface area contributed by atoms with Crippen molar-refractivity contribution in [2.24, 2.45) is 0 Å². The van der Waals surface area contributed by atoms with Crippen molar-refractivity contribution >= 4 is 0 Å². The minimum Gasteiger partial charge on any atom is -0.481 e. The van der Waals surface area contributed by atoms with E-state index >= 15 is 0 Å². The summed E-state index contributed by atoms with van der Waals surface area (Å²) in [4.78, 5) is 8.76. The molecular weight excluding hydrogens is 228 g/mol. The third kappa shape index (κ3) is 2.27. The van der Waals surface area contributed by atoms with E-state index in [1.54, 1.807) is 20.3 Å². The largest absolute Gasteiger partial charge is 0.481 e. The second-order valence-electron chi connectivity index (χ2n) is 4.04. The van der Waals surface area contributed by atoms with Gasteiger partial charge in [-0.25, -0.2) is 0 Å². The summed E-state index contributed by atoms with van der Waals surface area (Å²) >= 11 is 0. The number of aromatic nitrogens is 2. The Hall–Kier alpha value is -2.10. The maximum absolute atomic E-state index is 5.17. The van der Waals surface area contributed by atoms with E-state index < -0.39 is 0 Å². The standard InChI is InChI=1S/C14H16N2O2/c1-9-6-5-7-10(2)13(9)14-15-11(17-3)8-12(16-14)18-4/h5-8H,1-4H3. The number of hydrogen-bond acceptors (Lipinski definition) is 4. The lowest BCUT2D eigenvalue weighted by Gasteiger charge is -2.10. The summed E-state index contributed by atoms with van der Waals surface area (Å²) in [6.45, 7) is 4.08. The second kappa shape index (κ2) is 5.04. The minimum absolute atomic E-state index is 0.500. The average molecular weight is 244 g/mol. The van der Waals surface area contributed by atoms with Gasteiger partial charge in [-0.1, -0.05) is 18.2 Å². The molecule has 0 aliphatic heterocycles. The fourth-order valence-electron chi connectivity index (χ4n) is 1.89. The van der Waals surface area contributed by atoms with Gasteiger partial charge >= 0.3 is 0 Å². The van der Waals surface area contributed by atoms with Crippen molar-refractivity contribution in [2.75, 3.05) is 14.2 Å². The summed E-state index contributed by atoms with van der Waals surface area (Å²) in [7, 11) is 3.16. The molecule has 18 heavy (non-hydrogen) atoms. The van der Waals surface area contributed by atoms with Gasteiger partial charge in [-0.05, 0) is 25.0 Å². The molecule has 2 aromatic rings. The monoisotopic (exact) mass is 244 g/mol. The first kappa shape index (κ1) is 12.4. The second-order valence-corrected chi connectivity index (χ2v) is 4.04. The summed E-state index contributed by atoms with van der Waals surface area (Å²) in [6.07, 6.45) is 0. The normalized spacial score (nSPS) is 10.2. The molecule has 0 saturated carbocycles. The predicted molar refractivity (Wildman–Crippen MR) is 70.0 cm³/mol. The minimum atomic E-state index is 0.500. The van der Waals surface area contributed by atoms with Crippen LogP contribution in [0.1, 0.15) is 11.1 Å². The molecule has 0 N–H and O–H groups in total. The number of ether oxygens (including phenoxy) is 2. The first-order valence-corrected chi connectivity index (χ1v) is 5.69. The zero-order valence-corrected chi connectivity index (χ0v) is 11.0. The van der Waals surface area contributed by atoms with Crippen molar-refractivity contribution in [3.63, 3.8) is 0 Å². The Labute approximate surface area is 107 Å². The first-order chi connectivity index (χ1) is 8.65. The lowest BCUT2D eigenvalue weighted by molar-refractivity contribution is 0.372. The number of nitrogens with zero attached hydrogens (tertiary/aromatic N) is 2. The SMILES string of the molecule is COc1cc(OC)nc(-c2c(C)cccc2C)n1. The number of benzene rings is 1. The van der Waals surface area contributed by atoms with E-state index in [0.717, 1.165) is 16.7 Å². The summed E-state index contributed by atoms with van der Waals surface area (Å²) < 4.78 is 10.3. The fourth-order valence-corrected chi connectivity index (χ4v) is 1.89. The Morgan fingerprint density at radius 2 is 1.39 bits per heavy atom. The van der Waals surface area contributed by atoms with E-state index in [9.17, 15) is 0 Å². The Bertz CT molecular complexity index is 525. The molecule has 0 unspecified atom stereocenters. The first-order valence-electron chi connectivity index (χ1n) is 5.69. The molecular formula is C14H16N2O2. The highest BCUT2D eigenvalue weighted by molar-refractivity contribution is 5.65. The molecule has 0 radical (unpaired) electrons. The van der Waals surface area contributed by atoms with E-state index in [2.05, 4.69) is 9.97 Å². The van der Waals surface area contributed by atoms with Gasteiger partial charge in [-0.15, -0.1) is 0 Å². The molecule has 94 valence electrons. The summed E-state index contributed by atoms with van der Waals surface area (Å²) in [5.74, 6) is 1.63. The number of hydrogen-bond donors (Lipinski definition) is 0. The molecule has 1 aromatic heterocycles. The lowest BCUT2D eigenvalue weighted by Crippen LogP contribution is -1.99. The van der Waals surface area contributed by atoms with E-state index in [-0.39, 0.29) is 0 Å². The van der Waals surface area contributed by atoms with Gasteiger partial charge in [0.05, 0.1) is 20.3 Å². The van der Waals surface area contributed by atoms with Crippen LogP contribution in [-0.4, -0.2) is 24.2 Å². The molecule has 4 heteroatoms. The Morgan fingerprint density at radius 1 is 0.889 bits per heavy atom. The summed E-state index contributed by atoms with van der Waals surface area (Å²) in [5, 5.41) is 0. The van der Waals surface area contributed by atoms with Gasteiger partial charge in [0.2, 0.25) is 11.8 Å². The molecule has 1 heterocycles.